The van der Waals surface area contributed by atoms with Gasteiger partial charge in [-0.2, -0.15) is 0 Å². The predicted octanol–water partition coefficient (Wildman–Crippen LogP) is 5.00. The number of unbranched alkanes of at least 4 members (excludes halogenated alkanes) is 1. The molecule has 7 heteroatoms. The molecule has 3 N–H and O–H groups in total. The first-order chi connectivity index (χ1) is 12.1. The number of hydrogen-bond donors (Lipinski definition) is 3. The summed E-state index contributed by atoms with van der Waals surface area (Å²) in [5.41, 5.74) is 3.10. The molecular formula is C18H17Cl2N3O2. The fourth-order valence-corrected chi connectivity index (χ4v) is 2.95. The van der Waals surface area contributed by atoms with Crippen LogP contribution in [0.5, 0.6) is 0 Å². The molecule has 3 rings (SSSR count). The highest BCUT2D eigenvalue weighted by Gasteiger charge is 2.19. The Morgan fingerprint density at radius 1 is 1.00 bits per heavy atom. The van der Waals surface area contributed by atoms with E-state index >= 15 is 0 Å². The molecule has 2 aromatic rings. The van der Waals surface area contributed by atoms with E-state index in [-0.39, 0.29) is 11.8 Å². The second kappa shape index (κ2) is 7.76. The second-order valence-electron chi connectivity index (χ2n) is 5.72. The van der Waals surface area contributed by atoms with Gasteiger partial charge in [-0.15, -0.1) is 11.6 Å². The van der Waals surface area contributed by atoms with Crippen molar-refractivity contribution in [3.8, 4) is 0 Å². The lowest BCUT2D eigenvalue weighted by Gasteiger charge is -2.11. The summed E-state index contributed by atoms with van der Waals surface area (Å²) in [6.07, 6.45) is 1.97. The minimum absolute atomic E-state index is 0.0759. The van der Waals surface area contributed by atoms with Gasteiger partial charge < -0.3 is 16.0 Å². The van der Waals surface area contributed by atoms with Gasteiger partial charge in [0.2, 0.25) is 5.91 Å². The van der Waals surface area contributed by atoms with Gasteiger partial charge in [-0.25, -0.2) is 0 Å². The highest BCUT2D eigenvalue weighted by Crippen LogP contribution is 2.35. The van der Waals surface area contributed by atoms with Crippen LogP contribution in [0.1, 0.15) is 29.6 Å². The molecule has 1 heterocycles. The number of alkyl halides is 1. The first-order valence-electron chi connectivity index (χ1n) is 7.94. The fourth-order valence-electron chi connectivity index (χ4n) is 2.59. The van der Waals surface area contributed by atoms with Gasteiger partial charge in [0.1, 0.15) is 0 Å². The van der Waals surface area contributed by atoms with E-state index in [2.05, 4.69) is 16.0 Å². The average molecular weight is 378 g/mol. The van der Waals surface area contributed by atoms with Crippen LogP contribution >= 0.6 is 23.2 Å². The van der Waals surface area contributed by atoms with Crippen LogP contribution in [0.4, 0.5) is 22.7 Å². The highest BCUT2D eigenvalue weighted by atomic mass is 35.5. The van der Waals surface area contributed by atoms with Crippen molar-refractivity contribution in [1.82, 2.24) is 0 Å². The SMILES string of the molecule is O=C(CCCCCl)Nc1ccc2c(c1)NC(=O)c1ccc(Cl)cc1N2. The van der Waals surface area contributed by atoms with Gasteiger partial charge in [0.15, 0.2) is 0 Å². The Hall–Kier alpha value is -2.24. The molecule has 1 aliphatic heterocycles. The van der Waals surface area contributed by atoms with E-state index in [9.17, 15) is 9.59 Å². The third-order valence-corrected chi connectivity index (χ3v) is 4.34. The zero-order chi connectivity index (χ0) is 17.8. The van der Waals surface area contributed by atoms with Crippen LogP contribution in [-0.2, 0) is 4.79 Å². The Morgan fingerprint density at radius 3 is 2.64 bits per heavy atom. The molecular weight excluding hydrogens is 361 g/mol. The van der Waals surface area contributed by atoms with Gasteiger partial charge in [0, 0.05) is 23.0 Å². The molecule has 0 radical (unpaired) electrons. The maximum Gasteiger partial charge on any atom is 0.257 e. The molecule has 0 aromatic heterocycles. The van der Waals surface area contributed by atoms with Crippen LogP contribution in [0.15, 0.2) is 36.4 Å². The number of nitrogens with one attached hydrogen (secondary N) is 3. The van der Waals surface area contributed by atoms with E-state index in [1.165, 1.54) is 0 Å². The number of halogens is 2. The highest BCUT2D eigenvalue weighted by molar-refractivity contribution is 6.31. The van der Waals surface area contributed by atoms with Gasteiger partial charge in [-0.3, -0.25) is 9.59 Å². The van der Waals surface area contributed by atoms with E-state index < -0.39 is 0 Å². The molecule has 25 heavy (non-hydrogen) atoms. The van der Waals surface area contributed by atoms with Crippen molar-refractivity contribution in [2.24, 2.45) is 0 Å². The van der Waals surface area contributed by atoms with Crippen molar-refractivity contribution in [3.05, 3.63) is 47.0 Å². The molecule has 0 spiro atoms. The van der Waals surface area contributed by atoms with Crippen LogP contribution in [0.3, 0.4) is 0 Å². The summed E-state index contributed by atoms with van der Waals surface area (Å²) in [4.78, 5) is 24.3. The Morgan fingerprint density at radius 2 is 1.84 bits per heavy atom. The van der Waals surface area contributed by atoms with Crippen LogP contribution < -0.4 is 16.0 Å². The van der Waals surface area contributed by atoms with Gasteiger partial charge in [-0.05, 0) is 49.2 Å². The molecule has 0 saturated heterocycles. The van der Waals surface area contributed by atoms with Crippen molar-refractivity contribution in [2.45, 2.75) is 19.3 Å². The van der Waals surface area contributed by atoms with Gasteiger partial charge in [0.25, 0.3) is 5.91 Å². The lowest BCUT2D eigenvalue weighted by atomic mass is 10.1. The minimum Gasteiger partial charge on any atom is -0.353 e. The second-order valence-corrected chi connectivity index (χ2v) is 6.54. The van der Waals surface area contributed by atoms with E-state index in [4.69, 9.17) is 23.2 Å². The van der Waals surface area contributed by atoms with E-state index in [0.717, 1.165) is 18.5 Å². The molecule has 0 fully saturated rings. The first kappa shape index (κ1) is 17.6. The molecule has 0 saturated carbocycles. The van der Waals surface area contributed by atoms with Crippen molar-refractivity contribution >= 4 is 57.8 Å². The lowest BCUT2D eigenvalue weighted by molar-refractivity contribution is -0.116. The van der Waals surface area contributed by atoms with Crippen LogP contribution in [-0.4, -0.2) is 17.7 Å². The summed E-state index contributed by atoms with van der Waals surface area (Å²) in [5.74, 6) is 0.241. The summed E-state index contributed by atoms with van der Waals surface area (Å²) < 4.78 is 0. The molecule has 5 nitrogen and oxygen atoms in total. The molecule has 1 aliphatic rings. The number of anilines is 4. The Bertz CT molecular complexity index is 824. The zero-order valence-electron chi connectivity index (χ0n) is 13.4. The molecule has 130 valence electrons. The standard InChI is InChI=1S/C18H17Cl2N3O2/c19-8-2-1-3-17(24)21-12-5-7-14-16(10-12)23-18(25)13-6-4-11(20)9-15(13)22-14/h4-7,9-10,22H,1-3,8H2,(H,21,24)(H,23,25). The summed E-state index contributed by atoms with van der Waals surface area (Å²) >= 11 is 11.6. The number of rotatable bonds is 5. The van der Waals surface area contributed by atoms with Crippen LogP contribution in [0.25, 0.3) is 0 Å². The Labute approximate surface area is 155 Å². The number of carbonyl (C=O) groups is 2. The van der Waals surface area contributed by atoms with Crippen molar-refractivity contribution in [1.29, 1.82) is 0 Å². The Kier molecular flexibility index (Phi) is 5.46. The molecule has 0 bridgehead atoms. The predicted molar refractivity (Wildman–Crippen MR) is 102 cm³/mol. The lowest BCUT2D eigenvalue weighted by Crippen LogP contribution is -2.13. The molecule has 2 amide bonds. The van der Waals surface area contributed by atoms with E-state index in [0.29, 0.717) is 39.9 Å². The normalized spacial score (nSPS) is 12.3. The third kappa shape index (κ3) is 4.24. The molecule has 0 unspecified atom stereocenters. The maximum atomic E-state index is 12.4. The van der Waals surface area contributed by atoms with Crippen molar-refractivity contribution in [2.75, 3.05) is 21.8 Å². The topological polar surface area (TPSA) is 70.2 Å². The summed E-state index contributed by atoms with van der Waals surface area (Å²) in [7, 11) is 0. The summed E-state index contributed by atoms with van der Waals surface area (Å²) in [6, 6.07) is 10.4. The number of hydrogen-bond acceptors (Lipinski definition) is 3. The molecule has 2 aromatic carbocycles. The van der Waals surface area contributed by atoms with Crippen LogP contribution in [0.2, 0.25) is 5.02 Å². The van der Waals surface area contributed by atoms with Gasteiger partial charge in [-0.1, -0.05) is 11.6 Å². The van der Waals surface area contributed by atoms with E-state index in [1.807, 2.05) is 0 Å². The smallest absolute Gasteiger partial charge is 0.257 e. The van der Waals surface area contributed by atoms with Crippen molar-refractivity contribution < 1.29 is 9.59 Å². The Balaban J connectivity index is 1.79. The molecule has 0 aliphatic carbocycles. The minimum atomic E-state index is -0.233. The first-order valence-corrected chi connectivity index (χ1v) is 8.86. The quantitative estimate of drug-likeness (QED) is 0.507. The zero-order valence-corrected chi connectivity index (χ0v) is 14.9. The number of carbonyl (C=O) groups excluding carboxylic acids is 2. The number of benzene rings is 2. The number of fused-ring (bicyclic) bond motifs is 2. The van der Waals surface area contributed by atoms with E-state index in [1.54, 1.807) is 36.4 Å². The average Bonchev–Trinajstić information content (AvgIpc) is 2.70. The van der Waals surface area contributed by atoms with Crippen LogP contribution in [0, 0.1) is 0 Å². The largest absolute Gasteiger partial charge is 0.353 e. The number of amides is 2. The van der Waals surface area contributed by atoms with Gasteiger partial charge >= 0.3 is 0 Å². The summed E-state index contributed by atoms with van der Waals surface area (Å²) in [5, 5.41) is 9.43. The molecule has 0 atom stereocenters. The monoisotopic (exact) mass is 377 g/mol. The fraction of sp³-hybridized carbons (Fsp3) is 0.222. The van der Waals surface area contributed by atoms with Gasteiger partial charge in [0.05, 0.1) is 22.6 Å². The van der Waals surface area contributed by atoms with Crippen molar-refractivity contribution in [3.63, 3.8) is 0 Å². The summed E-state index contributed by atoms with van der Waals surface area (Å²) in [6.45, 7) is 0. The third-order valence-electron chi connectivity index (χ3n) is 3.83. The maximum absolute atomic E-state index is 12.4.